The molecule has 2 rings (SSSR count). The molecule has 88 valence electrons. The molecule has 16 heavy (non-hydrogen) atoms. The minimum atomic E-state index is -0.899. The fraction of sp³-hybridized carbons (Fsp3) is 0.700. The van der Waals surface area contributed by atoms with Crippen LogP contribution in [0, 0.1) is 11.8 Å². The van der Waals surface area contributed by atoms with Crippen LogP contribution in [-0.2, 0) is 14.4 Å². The molecule has 2 amide bonds. The number of rotatable bonds is 2. The highest BCUT2D eigenvalue weighted by molar-refractivity contribution is 6.05. The molecule has 0 bridgehead atoms. The van der Waals surface area contributed by atoms with Crippen LogP contribution in [0.4, 0.5) is 0 Å². The zero-order valence-electron chi connectivity index (χ0n) is 9.05. The molecule has 2 aliphatic rings. The lowest BCUT2D eigenvalue weighted by Crippen LogP contribution is -2.43. The number of aliphatic carboxylic acids is 1. The van der Waals surface area contributed by atoms with E-state index in [1.54, 1.807) is 4.90 Å². The van der Waals surface area contributed by atoms with E-state index in [-0.39, 0.29) is 30.2 Å². The van der Waals surface area contributed by atoms with E-state index in [9.17, 15) is 14.4 Å². The fourth-order valence-corrected chi connectivity index (χ4v) is 2.51. The fourth-order valence-electron chi connectivity index (χ4n) is 2.51. The molecule has 6 heteroatoms. The molecule has 2 saturated heterocycles. The van der Waals surface area contributed by atoms with Gasteiger partial charge in [-0.15, -0.1) is 0 Å². The molecule has 2 fully saturated rings. The van der Waals surface area contributed by atoms with Crippen LogP contribution >= 0.6 is 0 Å². The van der Waals surface area contributed by atoms with Crippen LogP contribution in [0.25, 0.3) is 0 Å². The first kappa shape index (κ1) is 11.1. The molecule has 0 saturated carbocycles. The van der Waals surface area contributed by atoms with Crippen LogP contribution in [-0.4, -0.2) is 59.4 Å². The zero-order chi connectivity index (χ0) is 11.9. The van der Waals surface area contributed by atoms with E-state index >= 15 is 0 Å². The molecule has 0 unspecified atom stereocenters. The number of fused-ring (bicyclic) bond motifs is 1. The van der Waals surface area contributed by atoms with Crippen molar-refractivity contribution in [2.75, 3.05) is 26.7 Å². The third-order valence-electron chi connectivity index (χ3n) is 3.35. The standard InChI is InChI=1S/C10H14N2O4/c1-11-9(15)6-2-3-12(5-8(13)14)4-7(6)10(11)16/h6-7H,2-5H2,1H3,(H,13,14)/t6-,7-/m0/s1. The van der Waals surface area contributed by atoms with Crippen LogP contribution in [0.15, 0.2) is 0 Å². The van der Waals surface area contributed by atoms with Crippen LogP contribution in [0.2, 0.25) is 0 Å². The predicted molar refractivity (Wildman–Crippen MR) is 53.4 cm³/mol. The van der Waals surface area contributed by atoms with Gasteiger partial charge in [0.25, 0.3) is 0 Å². The summed E-state index contributed by atoms with van der Waals surface area (Å²) >= 11 is 0. The first-order chi connectivity index (χ1) is 7.50. The SMILES string of the molecule is CN1C(=O)[C@H]2CCN(CC(=O)O)C[C@@H]2C1=O. The number of amides is 2. The van der Waals surface area contributed by atoms with Crippen LogP contribution in [0.3, 0.4) is 0 Å². The van der Waals surface area contributed by atoms with Crippen LogP contribution < -0.4 is 0 Å². The van der Waals surface area contributed by atoms with E-state index in [1.165, 1.54) is 11.9 Å². The van der Waals surface area contributed by atoms with E-state index < -0.39 is 5.97 Å². The maximum Gasteiger partial charge on any atom is 0.317 e. The summed E-state index contributed by atoms with van der Waals surface area (Å²) in [6.45, 7) is 0.889. The molecule has 0 spiro atoms. The summed E-state index contributed by atoms with van der Waals surface area (Å²) in [6.07, 6.45) is 0.576. The summed E-state index contributed by atoms with van der Waals surface area (Å²) in [4.78, 5) is 36.8. The van der Waals surface area contributed by atoms with E-state index in [2.05, 4.69) is 0 Å². The molecular formula is C10H14N2O4. The normalized spacial score (nSPS) is 30.7. The Kier molecular flexibility index (Phi) is 2.67. The summed E-state index contributed by atoms with van der Waals surface area (Å²) in [5, 5.41) is 8.67. The van der Waals surface area contributed by atoms with Crippen molar-refractivity contribution in [2.45, 2.75) is 6.42 Å². The molecule has 2 aliphatic heterocycles. The maximum atomic E-state index is 11.7. The lowest BCUT2D eigenvalue weighted by atomic mass is 9.88. The zero-order valence-corrected chi connectivity index (χ0v) is 9.05. The summed E-state index contributed by atoms with van der Waals surface area (Å²) < 4.78 is 0. The highest BCUT2D eigenvalue weighted by atomic mass is 16.4. The summed E-state index contributed by atoms with van der Waals surface area (Å²) in [7, 11) is 1.49. The van der Waals surface area contributed by atoms with Crippen molar-refractivity contribution in [2.24, 2.45) is 11.8 Å². The lowest BCUT2D eigenvalue weighted by Gasteiger charge is -2.30. The van der Waals surface area contributed by atoms with Gasteiger partial charge in [-0.05, 0) is 13.0 Å². The van der Waals surface area contributed by atoms with Gasteiger partial charge >= 0.3 is 5.97 Å². The van der Waals surface area contributed by atoms with Crippen LogP contribution in [0.5, 0.6) is 0 Å². The molecule has 0 aliphatic carbocycles. The molecule has 0 aromatic rings. The van der Waals surface area contributed by atoms with Crippen molar-refractivity contribution >= 4 is 17.8 Å². The molecule has 1 N–H and O–H groups in total. The Balaban J connectivity index is 2.07. The Hall–Kier alpha value is -1.43. The first-order valence-electron chi connectivity index (χ1n) is 5.26. The van der Waals surface area contributed by atoms with Gasteiger partial charge in [-0.25, -0.2) is 0 Å². The highest BCUT2D eigenvalue weighted by Gasteiger charge is 2.48. The van der Waals surface area contributed by atoms with E-state index in [0.29, 0.717) is 19.5 Å². The number of imide groups is 1. The molecule has 2 heterocycles. The van der Waals surface area contributed by atoms with Crippen molar-refractivity contribution in [3.8, 4) is 0 Å². The number of carbonyl (C=O) groups excluding carboxylic acids is 2. The quantitative estimate of drug-likeness (QED) is 0.611. The third-order valence-corrected chi connectivity index (χ3v) is 3.35. The number of carbonyl (C=O) groups is 3. The number of carboxylic acids is 1. The third kappa shape index (κ3) is 1.69. The molecule has 0 aromatic carbocycles. The van der Waals surface area contributed by atoms with Crippen molar-refractivity contribution in [1.82, 2.24) is 9.80 Å². The first-order valence-corrected chi connectivity index (χ1v) is 5.26. The number of nitrogens with zero attached hydrogens (tertiary/aromatic N) is 2. The van der Waals surface area contributed by atoms with Crippen molar-refractivity contribution < 1.29 is 19.5 Å². The topological polar surface area (TPSA) is 77.9 Å². The van der Waals surface area contributed by atoms with Gasteiger partial charge in [0, 0.05) is 13.6 Å². The number of hydrogen-bond donors (Lipinski definition) is 1. The molecule has 0 aromatic heterocycles. The average molecular weight is 226 g/mol. The van der Waals surface area contributed by atoms with E-state index in [0.717, 1.165) is 0 Å². The van der Waals surface area contributed by atoms with Crippen LogP contribution in [0.1, 0.15) is 6.42 Å². The number of likely N-dealkylation sites (tertiary alicyclic amines) is 2. The molecular weight excluding hydrogens is 212 g/mol. The van der Waals surface area contributed by atoms with Crippen molar-refractivity contribution in [3.63, 3.8) is 0 Å². The summed E-state index contributed by atoms with van der Waals surface area (Å²) in [6, 6.07) is 0. The van der Waals surface area contributed by atoms with Gasteiger partial charge < -0.3 is 5.11 Å². The van der Waals surface area contributed by atoms with Crippen molar-refractivity contribution in [1.29, 1.82) is 0 Å². The van der Waals surface area contributed by atoms with E-state index in [1.807, 2.05) is 0 Å². The van der Waals surface area contributed by atoms with Gasteiger partial charge in [-0.1, -0.05) is 0 Å². The summed E-state index contributed by atoms with van der Waals surface area (Å²) in [5.41, 5.74) is 0. The predicted octanol–water partition coefficient (Wildman–Crippen LogP) is -0.992. The Morgan fingerprint density at radius 1 is 1.38 bits per heavy atom. The van der Waals surface area contributed by atoms with Gasteiger partial charge in [0.2, 0.25) is 11.8 Å². The monoisotopic (exact) mass is 226 g/mol. The lowest BCUT2D eigenvalue weighted by molar-refractivity contribution is -0.140. The second kappa shape index (κ2) is 3.86. The van der Waals surface area contributed by atoms with E-state index in [4.69, 9.17) is 5.11 Å². The average Bonchev–Trinajstić information content (AvgIpc) is 2.43. The Bertz CT molecular complexity index is 355. The van der Waals surface area contributed by atoms with Gasteiger partial charge in [0.15, 0.2) is 0 Å². The number of piperidine rings is 1. The Labute approximate surface area is 92.8 Å². The minimum Gasteiger partial charge on any atom is -0.480 e. The van der Waals surface area contributed by atoms with Gasteiger partial charge in [0.05, 0.1) is 18.4 Å². The Morgan fingerprint density at radius 2 is 2.00 bits per heavy atom. The molecule has 2 atom stereocenters. The Morgan fingerprint density at radius 3 is 2.62 bits per heavy atom. The minimum absolute atomic E-state index is 0.0611. The molecule has 6 nitrogen and oxygen atoms in total. The number of hydrogen-bond acceptors (Lipinski definition) is 4. The number of carboxylic acid groups (broad SMARTS) is 1. The molecule has 0 radical (unpaired) electrons. The van der Waals surface area contributed by atoms with Gasteiger partial charge in [0.1, 0.15) is 0 Å². The maximum absolute atomic E-state index is 11.7. The second-order valence-corrected chi connectivity index (χ2v) is 4.37. The smallest absolute Gasteiger partial charge is 0.317 e. The highest BCUT2D eigenvalue weighted by Crippen LogP contribution is 2.32. The summed E-state index contributed by atoms with van der Waals surface area (Å²) in [5.74, 6) is -1.77. The van der Waals surface area contributed by atoms with Gasteiger partial charge in [-0.3, -0.25) is 24.2 Å². The van der Waals surface area contributed by atoms with Crippen molar-refractivity contribution in [3.05, 3.63) is 0 Å². The van der Waals surface area contributed by atoms with Gasteiger partial charge in [-0.2, -0.15) is 0 Å². The second-order valence-electron chi connectivity index (χ2n) is 4.37. The largest absolute Gasteiger partial charge is 0.480 e.